The van der Waals surface area contributed by atoms with Crippen LogP contribution in [-0.2, 0) is 0 Å². The van der Waals surface area contributed by atoms with Gasteiger partial charge in [0.1, 0.15) is 11.6 Å². The summed E-state index contributed by atoms with van der Waals surface area (Å²) in [7, 11) is 1.59. The van der Waals surface area contributed by atoms with Crippen molar-refractivity contribution >= 4 is 33.6 Å². The lowest BCUT2D eigenvalue weighted by molar-refractivity contribution is 0.0745. The summed E-state index contributed by atoms with van der Waals surface area (Å²) in [6.45, 7) is 5.33. The van der Waals surface area contributed by atoms with E-state index in [0.29, 0.717) is 49.6 Å². The van der Waals surface area contributed by atoms with Crippen molar-refractivity contribution in [1.29, 1.82) is 0 Å². The summed E-state index contributed by atoms with van der Waals surface area (Å²) >= 11 is 3.46. The van der Waals surface area contributed by atoms with Gasteiger partial charge < -0.3 is 19.9 Å². The van der Waals surface area contributed by atoms with Crippen molar-refractivity contribution in [3.63, 3.8) is 0 Å². The summed E-state index contributed by atoms with van der Waals surface area (Å²) in [5, 5.41) is 2.90. The second-order valence-electron chi connectivity index (χ2n) is 7.14. The quantitative estimate of drug-likeness (QED) is 0.622. The predicted octanol–water partition coefficient (Wildman–Crippen LogP) is 3.35. The molecule has 0 radical (unpaired) electrons. The number of hydrogen-bond acceptors (Lipinski definition) is 5. The number of carbonyl (C=O) groups is 2. The zero-order chi connectivity index (χ0) is 21.5. The minimum absolute atomic E-state index is 0.0208. The molecule has 160 valence electrons. The number of pyridine rings is 1. The number of halogens is 1. The van der Waals surface area contributed by atoms with Crippen LogP contribution in [0.4, 0.5) is 5.82 Å². The first-order valence-electron chi connectivity index (χ1n) is 10.2. The van der Waals surface area contributed by atoms with Gasteiger partial charge in [0.15, 0.2) is 0 Å². The molecule has 0 saturated carbocycles. The standard InChI is InChI=1S/C22H27BrN4O3/c1-3-4-9-24-21(28)16-5-8-20(25-15-16)26-10-12-27(13-11-26)22(29)18-14-17(30-2)6-7-19(18)23/h5-8,14-15H,3-4,9-13H2,1-2H3,(H,24,28). The molecule has 0 bridgehead atoms. The highest BCUT2D eigenvalue weighted by Gasteiger charge is 2.24. The molecule has 0 atom stereocenters. The molecule has 1 N–H and O–H groups in total. The number of piperazine rings is 1. The molecule has 7 nitrogen and oxygen atoms in total. The van der Waals surface area contributed by atoms with Gasteiger partial charge in [0, 0.05) is 43.4 Å². The Morgan fingerprint density at radius 3 is 2.57 bits per heavy atom. The molecule has 2 amide bonds. The van der Waals surface area contributed by atoms with Gasteiger partial charge in [0.2, 0.25) is 0 Å². The largest absolute Gasteiger partial charge is 0.497 e. The highest BCUT2D eigenvalue weighted by Crippen LogP contribution is 2.24. The predicted molar refractivity (Wildman–Crippen MR) is 120 cm³/mol. The highest BCUT2D eigenvalue weighted by atomic mass is 79.9. The van der Waals surface area contributed by atoms with E-state index < -0.39 is 0 Å². The summed E-state index contributed by atoms with van der Waals surface area (Å²) in [6.07, 6.45) is 3.62. The molecule has 2 heterocycles. The number of ether oxygens (including phenoxy) is 1. The van der Waals surface area contributed by atoms with E-state index in [1.165, 1.54) is 0 Å². The van der Waals surface area contributed by atoms with Gasteiger partial charge >= 0.3 is 0 Å². The Bertz CT molecular complexity index is 880. The normalized spacial score (nSPS) is 13.8. The lowest BCUT2D eigenvalue weighted by Crippen LogP contribution is -2.49. The van der Waals surface area contributed by atoms with Crippen molar-refractivity contribution in [1.82, 2.24) is 15.2 Å². The number of amides is 2. The molecular formula is C22H27BrN4O3. The van der Waals surface area contributed by atoms with Crippen LogP contribution in [0, 0.1) is 0 Å². The lowest BCUT2D eigenvalue weighted by Gasteiger charge is -2.35. The first kappa shape index (κ1) is 22.1. The van der Waals surface area contributed by atoms with Crippen LogP contribution in [0.5, 0.6) is 5.75 Å². The van der Waals surface area contributed by atoms with Crippen molar-refractivity contribution in [2.24, 2.45) is 0 Å². The molecule has 1 aromatic carbocycles. The van der Waals surface area contributed by atoms with Crippen molar-refractivity contribution in [3.8, 4) is 5.75 Å². The molecular weight excluding hydrogens is 448 g/mol. The number of benzene rings is 1. The van der Waals surface area contributed by atoms with Crippen molar-refractivity contribution < 1.29 is 14.3 Å². The average molecular weight is 475 g/mol. The van der Waals surface area contributed by atoms with Crippen molar-refractivity contribution in [3.05, 3.63) is 52.1 Å². The van der Waals surface area contributed by atoms with Crippen LogP contribution < -0.4 is 15.0 Å². The number of nitrogens with one attached hydrogen (secondary N) is 1. The fourth-order valence-electron chi connectivity index (χ4n) is 3.29. The molecule has 30 heavy (non-hydrogen) atoms. The number of methoxy groups -OCH3 is 1. The van der Waals surface area contributed by atoms with Gasteiger partial charge in [-0.3, -0.25) is 9.59 Å². The molecule has 1 aliphatic heterocycles. The smallest absolute Gasteiger partial charge is 0.255 e. The fraction of sp³-hybridized carbons (Fsp3) is 0.409. The minimum Gasteiger partial charge on any atom is -0.497 e. The molecule has 1 aromatic heterocycles. The zero-order valence-electron chi connectivity index (χ0n) is 17.4. The minimum atomic E-state index is -0.0956. The number of rotatable bonds is 7. The van der Waals surface area contributed by atoms with E-state index in [4.69, 9.17) is 4.74 Å². The topological polar surface area (TPSA) is 74.8 Å². The Balaban J connectivity index is 1.58. The van der Waals surface area contributed by atoms with Crippen molar-refractivity contribution in [2.45, 2.75) is 19.8 Å². The van der Waals surface area contributed by atoms with Crippen LogP contribution in [0.1, 0.15) is 40.5 Å². The third-order valence-corrected chi connectivity index (χ3v) is 5.81. The van der Waals surface area contributed by atoms with E-state index in [9.17, 15) is 9.59 Å². The Hall–Kier alpha value is -2.61. The number of anilines is 1. The van der Waals surface area contributed by atoms with Gasteiger partial charge in [-0.2, -0.15) is 0 Å². The van der Waals surface area contributed by atoms with Gasteiger partial charge in [-0.15, -0.1) is 0 Å². The number of unbranched alkanes of at least 4 members (excludes halogenated alkanes) is 1. The average Bonchev–Trinajstić information content (AvgIpc) is 2.79. The summed E-state index contributed by atoms with van der Waals surface area (Å²) in [6, 6.07) is 9.06. The monoisotopic (exact) mass is 474 g/mol. The Labute approximate surface area is 185 Å². The van der Waals surface area contributed by atoms with Gasteiger partial charge in [-0.05, 0) is 52.7 Å². The fourth-order valence-corrected chi connectivity index (χ4v) is 3.71. The van der Waals surface area contributed by atoms with E-state index in [1.807, 2.05) is 23.1 Å². The van der Waals surface area contributed by atoms with Crippen molar-refractivity contribution in [2.75, 3.05) is 44.7 Å². The molecule has 1 aliphatic rings. The zero-order valence-corrected chi connectivity index (χ0v) is 18.9. The van der Waals surface area contributed by atoms with Crippen LogP contribution in [-0.4, -0.2) is 61.5 Å². The van der Waals surface area contributed by atoms with Gasteiger partial charge in [-0.25, -0.2) is 4.98 Å². The summed E-state index contributed by atoms with van der Waals surface area (Å²) in [5.74, 6) is 1.35. The van der Waals surface area contributed by atoms with Gasteiger partial charge in [0.05, 0.1) is 18.2 Å². The molecule has 0 unspecified atom stereocenters. The summed E-state index contributed by atoms with van der Waals surface area (Å²) in [4.78, 5) is 33.5. The maximum Gasteiger partial charge on any atom is 0.255 e. The van der Waals surface area contributed by atoms with Gasteiger partial charge in [-0.1, -0.05) is 13.3 Å². The summed E-state index contributed by atoms with van der Waals surface area (Å²) in [5.41, 5.74) is 1.16. The first-order valence-corrected chi connectivity index (χ1v) is 10.9. The second kappa shape index (κ2) is 10.4. The van der Waals surface area contributed by atoms with E-state index in [0.717, 1.165) is 23.1 Å². The van der Waals surface area contributed by atoms with E-state index in [2.05, 4.69) is 38.1 Å². The second-order valence-corrected chi connectivity index (χ2v) is 7.99. The third-order valence-electron chi connectivity index (χ3n) is 5.12. The number of aromatic nitrogens is 1. The first-order chi connectivity index (χ1) is 14.5. The number of carbonyl (C=O) groups excluding carboxylic acids is 2. The maximum atomic E-state index is 12.9. The van der Waals surface area contributed by atoms with E-state index in [-0.39, 0.29) is 11.8 Å². The van der Waals surface area contributed by atoms with Crippen LogP contribution in [0.25, 0.3) is 0 Å². The molecule has 8 heteroatoms. The Kier molecular flexibility index (Phi) is 7.68. The number of hydrogen-bond donors (Lipinski definition) is 1. The molecule has 0 aliphatic carbocycles. The van der Waals surface area contributed by atoms with Crippen LogP contribution in [0.3, 0.4) is 0 Å². The Morgan fingerprint density at radius 2 is 1.93 bits per heavy atom. The molecule has 1 saturated heterocycles. The molecule has 2 aromatic rings. The van der Waals surface area contributed by atoms with Crippen LogP contribution in [0.2, 0.25) is 0 Å². The van der Waals surface area contributed by atoms with Crippen LogP contribution in [0.15, 0.2) is 41.0 Å². The van der Waals surface area contributed by atoms with Gasteiger partial charge in [0.25, 0.3) is 11.8 Å². The Morgan fingerprint density at radius 1 is 1.17 bits per heavy atom. The SMILES string of the molecule is CCCCNC(=O)c1ccc(N2CCN(C(=O)c3cc(OC)ccc3Br)CC2)nc1. The molecule has 0 spiro atoms. The summed E-state index contributed by atoms with van der Waals surface area (Å²) < 4.78 is 5.99. The maximum absolute atomic E-state index is 12.9. The third kappa shape index (κ3) is 5.30. The van der Waals surface area contributed by atoms with E-state index >= 15 is 0 Å². The molecule has 1 fully saturated rings. The van der Waals surface area contributed by atoms with E-state index in [1.54, 1.807) is 25.4 Å². The number of nitrogens with zero attached hydrogens (tertiary/aromatic N) is 3. The highest BCUT2D eigenvalue weighted by molar-refractivity contribution is 9.10. The molecule has 3 rings (SSSR count). The van der Waals surface area contributed by atoms with Crippen LogP contribution >= 0.6 is 15.9 Å². The lowest BCUT2D eigenvalue weighted by atomic mass is 10.1.